The van der Waals surface area contributed by atoms with Gasteiger partial charge >= 0.3 is 0 Å². The van der Waals surface area contributed by atoms with Gasteiger partial charge in [-0.15, -0.1) is 0 Å². The van der Waals surface area contributed by atoms with Gasteiger partial charge in [-0.3, -0.25) is 5.43 Å². The van der Waals surface area contributed by atoms with E-state index in [1.54, 1.807) is 0 Å². The maximum Gasteiger partial charge on any atom is 0.217 e. The average Bonchev–Trinajstić information content (AvgIpc) is 2.36. The zero-order chi connectivity index (χ0) is 8.97. The zero-order valence-electron chi connectivity index (χ0n) is 7.66. The van der Waals surface area contributed by atoms with Crippen molar-refractivity contribution in [2.75, 3.05) is 19.5 Å². The van der Waals surface area contributed by atoms with Gasteiger partial charge in [0.15, 0.2) is 0 Å². The first-order valence-corrected chi connectivity index (χ1v) is 4.76. The normalized spacial score (nSPS) is 10.7. The van der Waals surface area contributed by atoms with Crippen molar-refractivity contribution in [3.05, 3.63) is 5.82 Å². The molecule has 1 aromatic heterocycles. The molecule has 0 aromatic carbocycles. The Morgan fingerprint density at radius 3 is 2.83 bits per heavy atom. The minimum atomic E-state index is 0.864. The van der Waals surface area contributed by atoms with E-state index >= 15 is 0 Å². The lowest BCUT2D eigenvalue weighted by atomic mass is 10.3. The monoisotopic (exact) mass is 186 g/mol. The van der Waals surface area contributed by atoms with Crippen LogP contribution in [0.4, 0.5) is 5.13 Å². The number of rotatable bonds is 4. The molecule has 68 valence electrons. The fraction of sp³-hybridized carbons (Fsp3) is 0.714. The lowest BCUT2D eigenvalue weighted by molar-refractivity contribution is 0.494. The third-order valence-electron chi connectivity index (χ3n) is 1.26. The number of hydrazine groups is 1. The maximum absolute atomic E-state index is 4.29. The van der Waals surface area contributed by atoms with E-state index in [0.29, 0.717) is 0 Å². The van der Waals surface area contributed by atoms with Crippen LogP contribution in [0.5, 0.6) is 0 Å². The van der Waals surface area contributed by atoms with Crippen LogP contribution in [0.3, 0.4) is 0 Å². The summed E-state index contributed by atoms with van der Waals surface area (Å²) in [5.41, 5.74) is 3.06. The first-order chi connectivity index (χ1) is 5.72. The largest absolute Gasteiger partial charge is 0.294 e. The second-order valence-corrected chi connectivity index (χ2v) is 3.52. The van der Waals surface area contributed by atoms with Gasteiger partial charge in [-0.1, -0.05) is 6.92 Å². The smallest absolute Gasteiger partial charge is 0.217 e. The van der Waals surface area contributed by atoms with Crippen LogP contribution in [0.2, 0.25) is 0 Å². The van der Waals surface area contributed by atoms with E-state index in [2.05, 4.69) is 21.7 Å². The molecule has 0 saturated carbocycles. The van der Waals surface area contributed by atoms with Gasteiger partial charge in [0, 0.05) is 32.0 Å². The Kier molecular flexibility index (Phi) is 3.43. The molecule has 0 spiro atoms. The van der Waals surface area contributed by atoms with Crippen molar-refractivity contribution in [3.63, 3.8) is 0 Å². The van der Waals surface area contributed by atoms with E-state index in [-0.39, 0.29) is 0 Å². The second-order valence-electron chi connectivity index (χ2n) is 2.77. The van der Waals surface area contributed by atoms with Crippen LogP contribution in [0, 0.1) is 0 Å². The Morgan fingerprint density at radius 2 is 2.25 bits per heavy atom. The SMILES string of the molecule is CCCc1nsc(NN(C)C)n1. The molecule has 4 nitrogen and oxygen atoms in total. The summed E-state index contributed by atoms with van der Waals surface area (Å²) in [6.07, 6.45) is 2.06. The Bertz CT molecular complexity index is 233. The van der Waals surface area contributed by atoms with Crippen molar-refractivity contribution < 1.29 is 0 Å². The van der Waals surface area contributed by atoms with Crippen molar-refractivity contribution in [1.82, 2.24) is 14.4 Å². The Hall–Kier alpha value is -0.680. The van der Waals surface area contributed by atoms with E-state index in [0.717, 1.165) is 23.8 Å². The third kappa shape index (κ3) is 2.75. The van der Waals surface area contributed by atoms with Crippen molar-refractivity contribution in [2.45, 2.75) is 19.8 Å². The highest BCUT2D eigenvalue weighted by Gasteiger charge is 2.02. The first-order valence-electron chi connectivity index (χ1n) is 3.99. The summed E-state index contributed by atoms with van der Waals surface area (Å²) in [6, 6.07) is 0. The lowest BCUT2D eigenvalue weighted by Gasteiger charge is -2.08. The highest BCUT2D eigenvalue weighted by molar-refractivity contribution is 7.09. The van der Waals surface area contributed by atoms with Gasteiger partial charge in [0.1, 0.15) is 5.82 Å². The van der Waals surface area contributed by atoms with Crippen molar-refractivity contribution >= 4 is 16.7 Å². The molecular weight excluding hydrogens is 172 g/mol. The molecule has 12 heavy (non-hydrogen) atoms. The Morgan fingerprint density at radius 1 is 1.50 bits per heavy atom. The molecule has 0 amide bonds. The van der Waals surface area contributed by atoms with Crippen LogP contribution < -0.4 is 5.43 Å². The molecule has 1 aromatic rings. The Labute approximate surface area is 76.8 Å². The molecule has 0 aliphatic heterocycles. The topological polar surface area (TPSA) is 41.1 Å². The summed E-state index contributed by atoms with van der Waals surface area (Å²) in [7, 11) is 3.86. The quantitative estimate of drug-likeness (QED) is 0.721. The number of anilines is 1. The van der Waals surface area contributed by atoms with Gasteiger partial charge < -0.3 is 0 Å². The van der Waals surface area contributed by atoms with Gasteiger partial charge in [-0.05, 0) is 6.42 Å². The third-order valence-corrected chi connectivity index (χ3v) is 1.92. The van der Waals surface area contributed by atoms with Crippen LogP contribution in [-0.2, 0) is 6.42 Å². The van der Waals surface area contributed by atoms with Crippen molar-refractivity contribution in [1.29, 1.82) is 0 Å². The lowest BCUT2D eigenvalue weighted by Crippen LogP contribution is -2.19. The van der Waals surface area contributed by atoms with E-state index in [9.17, 15) is 0 Å². The maximum atomic E-state index is 4.29. The van der Waals surface area contributed by atoms with E-state index in [1.807, 2.05) is 19.1 Å². The minimum Gasteiger partial charge on any atom is -0.294 e. The van der Waals surface area contributed by atoms with Crippen LogP contribution >= 0.6 is 11.5 Å². The van der Waals surface area contributed by atoms with E-state index in [1.165, 1.54) is 11.5 Å². The van der Waals surface area contributed by atoms with Gasteiger partial charge in [-0.25, -0.2) is 9.99 Å². The fourth-order valence-corrected chi connectivity index (χ4v) is 1.51. The summed E-state index contributed by atoms with van der Waals surface area (Å²) in [4.78, 5) is 4.29. The molecular formula is C7H14N4S. The summed E-state index contributed by atoms with van der Waals surface area (Å²) in [5, 5.41) is 2.72. The van der Waals surface area contributed by atoms with Crippen LogP contribution in [0.1, 0.15) is 19.2 Å². The van der Waals surface area contributed by atoms with Crippen LogP contribution in [0.15, 0.2) is 0 Å². The van der Waals surface area contributed by atoms with E-state index in [4.69, 9.17) is 0 Å². The van der Waals surface area contributed by atoms with Gasteiger partial charge in [0.05, 0.1) is 0 Å². The minimum absolute atomic E-state index is 0.864. The standard InChI is InChI=1S/C7H14N4S/c1-4-5-6-8-7(12-10-6)9-11(2)3/h4-5H2,1-3H3,(H,8,9,10). The molecule has 1 N–H and O–H groups in total. The molecule has 0 fully saturated rings. The molecule has 0 bridgehead atoms. The Balaban J connectivity index is 2.52. The molecule has 0 saturated heterocycles. The number of aryl methyl sites for hydroxylation is 1. The molecule has 0 atom stereocenters. The number of hydrogen-bond acceptors (Lipinski definition) is 5. The fourth-order valence-electron chi connectivity index (χ4n) is 0.816. The van der Waals surface area contributed by atoms with Gasteiger partial charge in [-0.2, -0.15) is 4.37 Å². The van der Waals surface area contributed by atoms with Gasteiger partial charge in [0.25, 0.3) is 0 Å². The highest BCUT2D eigenvalue weighted by Crippen LogP contribution is 2.11. The number of nitrogens with zero attached hydrogens (tertiary/aromatic N) is 3. The molecule has 5 heteroatoms. The summed E-state index contributed by atoms with van der Waals surface area (Å²) in [6.45, 7) is 2.13. The summed E-state index contributed by atoms with van der Waals surface area (Å²) in [5.74, 6) is 0.937. The second kappa shape index (κ2) is 4.37. The van der Waals surface area contributed by atoms with Crippen LogP contribution in [0.25, 0.3) is 0 Å². The zero-order valence-corrected chi connectivity index (χ0v) is 8.48. The molecule has 1 heterocycles. The van der Waals surface area contributed by atoms with E-state index < -0.39 is 0 Å². The first kappa shape index (κ1) is 9.41. The molecule has 1 rings (SSSR count). The number of nitrogens with one attached hydrogen (secondary N) is 1. The van der Waals surface area contributed by atoms with Crippen molar-refractivity contribution in [2.24, 2.45) is 0 Å². The molecule has 0 radical (unpaired) electrons. The number of aromatic nitrogens is 2. The predicted octanol–water partition coefficient (Wildman–Crippen LogP) is 1.38. The average molecular weight is 186 g/mol. The van der Waals surface area contributed by atoms with Gasteiger partial charge in [0.2, 0.25) is 5.13 Å². The van der Waals surface area contributed by atoms with Crippen LogP contribution in [-0.4, -0.2) is 28.5 Å². The molecule has 0 aliphatic carbocycles. The predicted molar refractivity (Wildman–Crippen MR) is 51.2 cm³/mol. The number of hydrogen-bond donors (Lipinski definition) is 1. The summed E-state index contributed by atoms with van der Waals surface area (Å²) >= 11 is 1.40. The molecule has 0 unspecified atom stereocenters. The summed E-state index contributed by atoms with van der Waals surface area (Å²) < 4.78 is 4.20. The highest BCUT2D eigenvalue weighted by atomic mass is 32.1. The molecule has 0 aliphatic rings. The van der Waals surface area contributed by atoms with Crippen molar-refractivity contribution in [3.8, 4) is 0 Å².